The topological polar surface area (TPSA) is 189 Å². The van der Waals surface area contributed by atoms with Crippen LogP contribution in [0.2, 0.25) is 0 Å². The summed E-state index contributed by atoms with van der Waals surface area (Å²) in [4.78, 5) is 27.2. The Morgan fingerprint density at radius 1 is 1.16 bits per heavy atom. The van der Waals surface area contributed by atoms with Crippen molar-refractivity contribution in [1.82, 2.24) is 0 Å². The Balaban J connectivity index is 2.03. The van der Waals surface area contributed by atoms with Crippen molar-refractivity contribution in [2.45, 2.75) is 30.7 Å². The molecule has 5 N–H and O–H groups in total. The highest BCUT2D eigenvalue weighted by molar-refractivity contribution is 7.46. The van der Waals surface area contributed by atoms with Gasteiger partial charge in [0.1, 0.15) is 24.1 Å². The van der Waals surface area contributed by atoms with Gasteiger partial charge in [-0.15, -0.1) is 0 Å². The van der Waals surface area contributed by atoms with Crippen LogP contribution in [-0.4, -0.2) is 67.3 Å². The van der Waals surface area contributed by atoms with Crippen molar-refractivity contribution in [1.29, 1.82) is 0 Å². The maximum atomic E-state index is 10.7. The highest BCUT2D eigenvalue weighted by Crippen LogP contribution is 2.37. The molecule has 1 fully saturated rings. The minimum absolute atomic E-state index is 0.0643. The van der Waals surface area contributed by atoms with E-state index >= 15 is 0 Å². The van der Waals surface area contributed by atoms with Gasteiger partial charge in [-0.1, -0.05) is 0 Å². The second kappa shape index (κ2) is 7.72. The van der Waals surface area contributed by atoms with E-state index < -0.39 is 50.1 Å². The van der Waals surface area contributed by atoms with Gasteiger partial charge in [-0.3, -0.25) is 14.6 Å². The summed E-state index contributed by atoms with van der Waals surface area (Å²) in [5.41, 5.74) is -0.192. The van der Waals surface area contributed by atoms with Gasteiger partial charge in [-0.05, 0) is 12.1 Å². The van der Waals surface area contributed by atoms with E-state index in [4.69, 9.17) is 19.3 Å². The first-order chi connectivity index (χ1) is 11.6. The second-order valence-corrected chi connectivity index (χ2v) is 6.41. The summed E-state index contributed by atoms with van der Waals surface area (Å²) in [6, 6.07) is 4.75. The number of nitrogens with zero attached hydrogens (tertiary/aromatic N) is 1. The van der Waals surface area contributed by atoms with E-state index in [9.17, 15) is 30.0 Å². The minimum atomic E-state index is -4.82. The zero-order chi connectivity index (χ0) is 18.8. The Morgan fingerprint density at radius 3 is 2.28 bits per heavy atom. The Bertz CT molecular complexity index is 647. The molecule has 1 aliphatic heterocycles. The van der Waals surface area contributed by atoms with E-state index in [1.54, 1.807) is 0 Å². The SMILES string of the molecule is O=[N+]([O-])c1ccc(O[C@H]2[C@@H](O)[C@H](O)[C@@H](COP(=O)(O)O)O[C@@H]2O)cc1. The number of ether oxygens (including phenoxy) is 2. The summed E-state index contributed by atoms with van der Waals surface area (Å²) in [7, 11) is -4.82. The zero-order valence-electron chi connectivity index (χ0n) is 12.5. The van der Waals surface area contributed by atoms with Crippen LogP contribution < -0.4 is 4.74 Å². The van der Waals surface area contributed by atoms with E-state index in [1.165, 1.54) is 12.1 Å². The molecule has 0 radical (unpaired) electrons. The number of hydrogen-bond donors (Lipinski definition) is 5. The molecule has 25 heavy (non-hydrogen) atoms. The van der Waals surface area contributed by atoms with E-state index in [2.05, 4.69) is 4.52 Å². The lowest BCUT2D eigenvalue weighted by atomic mass is 9.99. The Labute approximate surface area is 140 Å². The average Bonchev–Trinajstić information content (AvgIpc) is 2.53. The average molecular weight is 381 g/mol. The molecule has 0 aromatic heterocycles. The Hall–Kier alpha value is -1.63. The number of hydrogen-bond acceptors (Lipinski definition) is 9. The van der Waals surface area contributed by atoms with Crippen LogP contribution in [0.4, 0.5) is 5.69 Å². The normalized spacial score (nSPS) is 30.0. The van der Waals surface area contributed by atoms with E-state index in [-0.39, 0.29) is 11.4 Å². The molecule has 0 unspecified atom stereocenters. The van der Waals surface area contributed by atoms with Crippen LogP contribution in [0.25, 0.3) is 0 Å². The Kier molecular flexibility index (Phi) is 6.08. The van der Waals surface area contributed by atoms with Gasteiger partial charge >= 0.3 is 7.82 Å². The molecule has 0 amide bonds. The highest BCUT2D eigenvalue weighted by Gasteiger charge is 2.46. The maximum Gasteiger partial charge on any atom is 0.469 e. The lowest BCUT2D eigenvalue weighted by Gasteiger charge is -2.40. The minimum Gasteiger partial charge on any atom is -0.482 e. The predicted octanol–water partition coefficient (Wildman–Crippen LogP) is -1.11. The number of benzene rings is 1. The quantitative estimate of drug-likeness (QED) is 0.228. The van der Waals surface area contributed by atoms with E-state index in [0.29, 0.717) is 0 Å². The molecule has 0 saturated carbocycles. The molecule has 0 bridgehead atoms. The predicted molar refractivity (Wildman–Crippen MR) is 78.4 cm³/mol. The van der Waals surface area contributed by atoms with Gasteiger partial charge < -0.3 is 34.6 Å². The molecule has 1 aromatic rings. The Morgan fingerprint density at radius 2 is 1.76 bits per heavy atom. The van der Waals surface area contributed by atoms with Crippen molar-refractivity contribution in [2.75, 3.05) is 6.61 Å². The van der Waals surface area contributed by atoms with Gasteiger partial charge in [0.2, 0.25) is 0 Å². The molecule has 2 rings (SSSR count). The van der Waals surface area contributed by atoms with Crippen LogP contribution >= 0.6 is 7.82 Å². The molecule has 1 aliphatic rings. The van der Waals surface area contributed by atoms with Crippen LogP contribution in [0.5, 0.6) is 5.75 Å². The smallest absolute Gasteiger partial charge is 0.469 e. The van der Waals surface area contributed by atoms with E-state index in [0.717, 1.165) is 12.1 Å². The first kappa shape index (κ1) is 19.7. The third-order valence-corrected chi connectivity index (χ3v) is 3.87. The van der Waals surface area contributed by atoms with Gasteiger partial charge in [-0.2, -0.15) is 0 Å². The lowest BCUT2D eigenvalue weighted by molar-refractivity contribution is -0.384. The van der Waals surface area contributed by atoms with Crippen molar-refractivity contribution >= 4 is 13.5 Å². The first-order valence-corrected chi connectivity index (χ1v) is 8.42. The summed E-state index contributed by atoms with van der Waals surface area (Å²) in [6.07, 6.45) is -7.95. The summed E-state index contributed by atoms with van der Waals surface area (Å²) >= 11 is 0. The molecular formula is C12H16NO11P. The van der Waals surface area contributed by atoms with Gasteiger partial charge in [0.15, 0.2) is 12.4 Å². The molecule has 1 saturated heterocycles. The highest BCUT2D eigenvalue weighted by atomic mass is 31.2. The number of nitro groups is 1. The van der Waals surface area contributed by atoms with Crippen LogP contribution in [0, 0.1) is 10.1 Å². The molecule has 13 heteroatoms. The summed E-state index contributed by atoms with van der Waals surface area (Å²) < 4.78 is 25.1. The molecule has 140 valence electrons. The molecule has 0 aliphatic carbocycles. The second-order valence-electron chi connectivity index (χ2n) is 5.17. The molecular weight excluding hydrogens is 365 g/mol. The van der Waals surface area contributed by atoms with Crippen molar-refractivity contribution in [2.24, 2.45) is 0 Å². The molecule has 5 atom stereocenters. The van der Waals surface area contributed by atoms with Crippen LogP contribution in [0.1, 0.15) is 0 Å². The fourth-order valence-electron chi connectivity index (χ4n) is 2.16. The number of phosphoric ester groups is 1. The number of aliphatic hydroxyl groups is 3. The fourth-order valence-corrected chi connectivity index (χ4v) is 2.50. The third kappa shape index (κ3) is 5.17. The number of non-ortho nitro benzene ring substituents is 1. The number of nitro benzene ring substituents is 1. The molecule has 0 spiro atoms. The summed E-state index contributed by atoms with van der Waals surface area (Å²) in [6.45, 7) is -0.774. The summed E-state index contributed by atoms with van der Waals surface area (Å²) in [5, 5.41) is 40.4. The monoisotopic (exact) mass is 381 g/mol. The standard InChI is InChI=1S/C12H16NO11P/c14-9-8(5-22-25(19,20)21)24-12(16)11(10(9)15)23-7-3-1-6(2-4-7)13(17)18/h1-4,8-12,14-16H,5H2,(H2,19,20,21)/t8-,9-,10+,11+,12+/m1/s1. The zero-order valence-corrected chi connectivity index (χ0v) is 13.4. The van der Waals surface area contributed by atoms with Crippen LogP contribution in [0.3, 0.4) is 0 Å². The number of phosphoric acid groups is 1. The van der Waals surface area contributed by atoms with Gasteiger partial charge in [0.25, 0.3) is 5.69 Å². The largest absolute Gasteiger partial charge is 0.482 e. The third-order valence-electron chi connectivity index (χ3n) is 3.39. The van der Waals surface area contributed by atoms with Gasteiger partial charge in [0, 0.05) is 12.1 Å². The maximum absolute atomic E-state index is 10.7. The van der Waals surface area contributed by atoms with Crippen LogP contribution in [-0.2, 0) is 13.8 Å². The molecule has 12 nitrogen and oxygen atoms in total. The number of aliphatic hydroxyl groups excluding tert-OH is 3. The van der Waals surface area contributed by atoms with Crippen molar-refractivity contribution in [3.05, 3.63) is 34.4 Å². The molecule has 1 heterocycles. The van der Waals surface area contributed by atoms with Gasteiger partial charge in [0.05, 0.1) is 11.5 Å². The van der Waals surface area contributed by atoms with E-state index in [1.807, 2.05) is 0 Å². The van der Waals surface area contributed by atoms with Crippen LogP contribution in [0.15, 0.2) is 24.3 Å². The lowest BCUT2D eigenvalue weighted by Crippen LogP contribution is -2.60. The number of rotatable bonds is 6. The summed E-state index contributed by atoms with van der Waals surface area (Å²) in [5.74, 6) is 0.0643. The van der Waals surface area contributed by atoms with Crippen molar-refractivity contribution in [3.8, 4) is 5.75 Å². The van der Waals surface area contributed by atoms with Crippen molar-refractivity contribution < 1.29 is 48.6 Å². The van der Waals surface area contributed by atoms with Gasteiger partial charge in [-0.25, -0.2) is 4.57 Å². The fraction of sp³-hybridized carbons (Fsp3) is 0.500. The first-order valence-electron chi connectivity index (χ1n) is 6.89. The van der Waals surface area contributed by atoms with Crippen molar-refractivity contribution in [3.63, 3.8) is 0 Å². The molecule has 1 aromatic carbocycles.